The normalized spacial score (nSPS) is 11.6. The van der Waals surface area contributed by atoms with E-state index in [-0.39, 0.29) is 24.8 Å². The average molecular weight is 494 g/mol. The third kappa shape index (κ3) is 7.44. The Hall–Kier alpha value is -4.12. The predicted octanol–water partition coefficient (Wildman–Crippen LogP) is 2.13. The highest BCUT2D eigenvalue weighted by Gasteiger charge is 2.19. The summed E-state index contributed by atoms with van der Waals surface area (Å²) in [5, 5.41) is 14.0. The lowest BCUT2D eigenvalue weighted by molar-refractivity contribution is -0.130. The quantitative estimate of drug-likeness (QED) is 0.217. The molecule has 6 N–H and O–H groups in total. The largest absolute Gasteiger partial charge is 0.339 e. The van der Waals surface area contributed by atoms with Gasteiger partial charge in [0.25, 0.3) is 11.8 Å². The lowest BCUT2D eigenvalue weighted by Gasteiger charge is -2.16. The molecule has 0 aliphatic rings. The molecule has 188 valence electrons. The van der Waals surface area contributed by atoms with Gasteiger partial charge in [-0.3, -0.25) is 24.5 Å². The molecule has 36 heavy (non-hydrogen) atoms. The van der Waals surface area contributed by atoms with E-state index in [1.165, 1.54) is 17.6 Å². The topological polar surface area (TPSA) is 137 Å². The molecule has 0 aliphatic heterocycles. The van der Waals surface area contributed by atoms with Crippen LogP contribution in [0.4, 0.5) is 10.1 Å². The lowest BCUT2D eigenvalue weighted by atomic mass is 10.0. The number of nitrogens with two attached hydrogens (primary N) is 1. The van der Waals surface area contributed by atoms with Crippen LogP contribution in [0.15, 0.2) is 72.8 Å². The SMILES string of the molecule is CN(CC(=O)Nc1ccc(-c2ccc(C(=O)N[C@@H](CN)C(=O)NO)cc2)cc1)Cc1cccc(F)c1. The Bertz CT molecular complexity index is 1200. The molecule has 3 rings (SSSR count). The van der Waals surface area contributed by atoms with Crippen LogP contribution in [0, 0.1) is 5.82 Å². The maximum Gasteiger partial charge on any atom is 0.267 e. The number of halogens is 1. The van der Waals surface area contributed by atoms with Crippen molar-refractivity contribution in [3.05, 3.63) is 89.7 Å². The highest BCUT2D eigenvalue weighted by atomic mass is 19.1. The second-order valence-electron chi connectivity index (χ2n) is 8.24. The minimum atomic E-state index is -1.05. The van der Waals surface area contributed by atoms with Gasteiger partial charge in [-0.15, -0.1) is 0 Å². The Morgan fingerprint density at radius 3 is 2.22 bits per heavy atom. The molecule has 0 heterocycles. The van der Waals surface area contributed by atoms with Crippen molar-refractivity contribution in [1.82, 2.24) is 15.7 Å². The van der Waals surface area contributed by atoms with Crippen molar-refractivity contribution < 1.29 is 24.0 Å². The fourth-order valence-corrected chi connectivity index (χ4v) is 3.56. The van der Waals surface area contributed by atoms with Gasteiger partial charge in [0.05, 0.1) is 6.54 Å². The van der Waals surface area contributed by atoms with Gasteiger partial charge in [0, 0.05) is 24.3 Å². The zero-order valence-corrected chi connectivity index (χ0v) is 19.7. The lowest BCUT2D eigenvalue weighted by Crippen LogP contribution is -2.50. The van der Waals surface area contributed by atoms with E-state index in [2.05, 4.69) is 10.6 Å². The molecule has 0 bridgehead atoms. The molecule has 3 amide bonds. The highest BCUT2D eigenvalue weighted by Crippen LogP contribution is 2.22. The first-order valence-electron chi connectivity index (χ1n) is 11.2. The van der Waals surface area contributed by atoms with Gasteiger partial charge in [-0.05, 0) is 60.1 Å². The predicted molar refractivity (Wildman–Crippen MR) is 133 cm³/mol. The molecule has 10 heteroatoms. The Labute approximate surface area is 208 Å². The maximum atomic E-state index is 13.3. The minimum absolute atomic E-state index is 0.146. The number of anilines is 1. The summed E-state index contributed by atoms with van der Waals surface area (Å²) in [6.45, 7) is 0.425. The zero-order chi connectivity index (χ0) is 26.1. The summed E-state index contributed by atoms with van der Waals surface area (Å²) in [6.07, 6.45) is 0. The summed E-state index contributed by atoms with van der Waals surface area (Å²) in [5.74, 6) is -1.80. The van der Waals surface area contributed by atoms with Crippen molar-refractivity contribution in [2.24, 2.45) is 5.73 Å². The summed E-state index contributed by atoms with van der Waals surface area (Å²) < 4.78 is 13.3. The first kappa shape index (κ1) is 26.5. The van der Waals surface area contributed by atoms with Crippen LogP contribution in [-0.4, -0.2) is 54.0 Å². The highest BCUT2D eigenvalue weighted by molar-refractivity contribution is 5.98. The van der Waals surface area contributed by atoms with Crippen LogP contribution in [-0.2, 0) is 16.1 Å². The molecule has 9 nitrogen and oxygen atoms in total. The third-order valence-electron chi connectivity index (χ3n) is 5.37. The third-order valence-corrected chi connectivity index (χ3v) is 5.37. The first-order chi connectivity index (χ1) is 17.3. The van der Waals surface area contributed by atoms with Crippen molar-refractivity contribution in [1.29, 1.82) is 0 Å². The molecule has 0 saturated heterocycles. The van der Waals surface area contributed by atoms with E-state index < -0.39 is 17.9 Å². The second-order valence-corrected chi connectivity index (χ2v) is 8.24. The molecule has 0 radical (unpaired) electrons. The Kier molecular flexibility index (Phi) is 9.23. The van der Waals surface area contributed by atoms with E-state index in [0.717, 1.165) is 16.7 Å². The summed E-state index contributed by atoms with van der Waals surface area (Å²) >= 11 is 0. The fraction of sp³-hybridized carbons (Fsp3) is 0.192. The van der Waals surface area contributed by atoms with Gasteiger partial charge >= 0.3 is 0 Å². The van der Waals surface area contributed by atoms with Crippen molar-refractivity contribution in [3.63, 3.8) is 0 Å². The molecule has 0 fully saturated rings. The molecular weight excluding hydrogens is 465 g/mol. The molecule has 0 saturated carbocycles. The van der Waals surface area contributed by atoms with E-state index in [4.69, 9.17) is 10.9 Å². The molecule has 0 aliphatic carbocycles. The number of amides is 3. The number of hydrogen-bond donors (Lipinski definition) is 5. The van der Waals surface area contributed by atoms with Crippen LogP contribution >= 0.6 is 0 Å². The number of nitrogens with one attached hydrogen (secondary N) is 3. The first-order valence-corrected chi connectivity index (χ1v) is 11.2. The van der Waals surface area contributed by atoms with Crippen molar-refractivity contribution in [3.8, 4) is 11.1 Å². The van der Waals surface area contributed by atoms with Crippen LogP contribution in [0.3, 0.4) is 0 Å². The van der Waals surface area contributed by atoms with Crippen molar-refractivity contribution in [2.75, 3.05) is 25.5 Å². The van der Waals surface area contributed by atoms with E-state index in [1.54, 1.807) is 54.4 Å². The Balaban J connectivity index is 1.54. The van der Waals surface area contributed by atoms with Crippen LogP contribution in [0.1, 0.15) is 15.9 Å². The minimum Gasteiger partial charge on any atom is -0.339 e. The number of nitrogens with zero attached hydrogens (tertiary/aromatic N) is 1. The summed E-state index contributed by atoms with van der Waals surface area (Å²) in [7, 11) is 1.79. The maximum absolute atomic E-state index is 13.3. The number of likely N-dealkylation sites (N-methyl/N-ethyl adjacent to an activating group) is 1. The zero-order valence-electron chi connectivity index (χ0n) is 19.7. The van der Waals surface area contributed by atoms with Crippen molar-refractivity contribution in [2.45, 2.75) is 12.6 Å². The van der Waals surface area contributed by atoms with Crippen LogP contribution in [0.25, 0.3) is 11.1 Å². The van der Waals surface area contributed by atoms with E-state index in [9.17, 15) is 18.8 Å². The average Bonchev–Trinajstić information content (AvgIpc) is 2.87. The van der Waals surface area contributed by atoms with Gasteiger partial charge in [0.15, 0.2) is 0 Å². The number of carbonyl (C=O) groups is 3. The summed E-state index contributed by atoms with van der Waals surface area (Å²) in [6, 6.07) is 19.2. The van der Waals surface area contributed by atoms with Crippen LogP contribution in [0.5, 0.6) is 0 Å². The van der Waals surface area contributed by atoms with Crippen molar-refractivity contribution >= 4 is 23.4 Å². The van der Waals surface area contributed by atoms with Crippen LogP contribution in [0.2, 0.25) is 0 Å². The number of carbonyl (C=O) groups excluding carboxylic acids is 3. The molecule has 3 aromatic rings. The van der Waals surface area contributed by atoms with Crippen LogP contribution < -0.4 is 21.8 Å². The number of hydrogen-bond acceptors (Lipinski definition) is 6. The van der Waals surface area contributed by atoms with Gasteiger partial charge in [0.1, 0.15) is 11.9 Å². The summed E-state index contributed by atoms with van der Waals surface area (Å²) in [5.41, 5.74) is 10.4. The van der Waals surface area contributed by atoms with Gasteiger partial charge in [-0.1, -0.05) is 36.4 Å². The van der Waals surface area contributed by atoms with Gasteiger partial charge in [-0.25, -0.2) is 9.87 Å². The van der Waals surface area contributed by atoms with E-state index >= 15 is 0 Å². The smallest absolute Gasteiger partial charge is 0.267 e. The molecule has 1 atom stereocenters. The monoisotopic (exact) mass is 493 g/mol. The molecular formula is C26H28FN5O4. The fourth-order valence-electron chi connectivity index (χ4n) is 3.56. The Morgan fingerprint density at radius 1 is 1.00 bits per heavy atom. The van der Waals surface area contributed by atoms with Gasteiger partial charge in [-0.2, -0.15) is 0 Å². The Morgan fingerprint density at radius 2 is 1.64 bits per heavy atom. The number of rotatable bonds is 10. The molecule has 3 aromatic carbocycles. The molecule has 0 aromatic heterocycles. The van der Waals surface area contributed by atoms with Gasteiger partial charge < -0.3 is 16.4 Å². The molecule has 0 unspecified atom stereocenters. The molecule has 0 spiro atoms. The second kappa shape index (κ2) is 12.5. The summed E-state index contributed by atoms with van der Waals surface area (Å²) in [4.78, 5) is 38.0. The number of benzene rings is 3. The van der Waals surface area contributed by atoms with E-state index in [0.29, 0.717) is 17.8 Å². The van der Waals surface area contributed by atoms with Gasteiger partial charge in [0.2, 0.25) is 5.91 Å². The number of hydroxylamine groups is 1. The van der Waals surface area contributed by atoms with E-state index in [1.807, 2.05) is 18.2 Å². The standard InChI is InChI=1S/C26H28FN5O4/c1-32(15-17-3-2-4-21(27)13-17)16-24(33)29-22-11-9-19(10-12-22)18-5-7-20(8-6-18)25(34)30-23(14-28)26(35)31-36/h2-13,23,36H,14-16,28H2,1H3,(H,29,33)(H,30,34)(H,31,35)/t23-/m0/s1.